The minimum Gasteiger partial charge on any atom is -0.0988 e. The summed E-state index contributed by atoms with van der Waals surface area (Å²) in [4.78, 5) is 0. The highest BCUT2D eigenvalue weighted by molar-refractivity contribution is 5.36. The Bertz CT molecular complexity index is 382. The van der Waals surface area contributed by atoms with Gasteiger partial charge in [-0.3, -0.25) is 0 Å². The molecule has 0 amide bonds. The second-order valence-corrected chi connectivity index (χ2v) is 4.15. The third kappa shape index (κ3) is 4.07. The maximum Gasteiger partial charge on any atom is 0.00890 e. The van der Waals surface area contributed by atoms with Crippen LogP contribution in [0.25, 0.3) is 0 Å². The zero-order chi connectivity index (χ0) is 12.5. The van der Waals surface area contributed by atoms with Crippen molar-refractivity contribution in [3.8, 4) is 0 Å². The van der Waals surface area contributed by atoms with Crippen LogP contribution in [-0.4, -0.2) is 0 Å². The maximum atomic E-state index is 3.94. The van der Waals surface area contributed by atoms with Gasteiger partial charge < -0.3 is 0 Å². The Hall–Kier alpha value is -1.56. The lowest BCUT2D eigenvalue weighted by Gasteiger charge is -2.17. The molecule has 1 aromatic carbocycles. The molecule has 0 saturated carbocycles. The Kier molecular flexibility index (Phi) is 6.09. The predicted molar refractivity (Wildman–Crippen MR) is 77.2 cm³/mol. The first-order valence-electron chi connectivity index (χ1n) is 6.33. The fraction of sp³-hybridized carbons (Fsp3) is 0.294. The quantitative estimate of drug-likeness (QED) is 0.580. The van der Waals surface area contributed by atoms with Gasteiger partial charge in [0.05, 0.1) is 0 Å². The van der Waals surface area contributed by atoms with Gasteiger partial charge in [-0.1, -0.05) is 74.6 Å². The fourth-order valence-electron chi connectivity index (χ4n) is 2.03. The van der Waals surface area contributed by atoms with Gasteiger partial charge >= 0.3 is 0 Å². The molecule has 0 aliphatic carbocycles. The van der Waals surface area contributed by atoms with Gasteiger partial charge in [-0.25, -0.2) is 0 Å². The summed E-state index contributed by atoms with van der Waals surface area (Å²) in [5, 5.41) is 0. The molecule has 0 heterocycles. The van der Waals surface area contributed by atoms with E-state index in [4.69, 9.17) is 0 Å². The van der Waals surface area contributed by atoms with Crippen LogP contribution in [0.4, 0.5) is 0 Å². The van der Waals surface area contributed by atoms with E-state index in [9.17, 15) is 0 Å². The molecule has 0 saturated heterocycles. The molecule has 1 atom stereocenters. The number of allylic oxidation sites excluding steroid dienone is 5. The first kappa shape index (κ1) is 13.5. The molecule has 0 nitrogen and oxygen atoms in total. The smallest absolute Gasteiger partial charge is 0.00890 e. The maximum absolute atomic E-state index is 3.94. The molecule has 0 radical (unpaired) electrons. The molecular weight excluding hydrogens is 204 g/mol. The molecule has 0 aliphatic heterocycles. The molecule has 90 valence electrons. The second kappa shape index (κ2) is 7.67. The van der Waals surface area contributed by atoms with Gasteiger partial charge in [-0.05, 0) is 24.5 Å². The van der Waals surface area contributed by atoms with E-state index in [2.05, 4.69) is 62.1 Å². The van der Waals surface area contributed by atoms with Gasteiger partial charge in [-0.2, -0.15) is 0 Å². The standard InChI is InChI=1S/C17H22/c1-4-7-12-15(6-3)17(11-5-2)16-13-9-8-10-14-16/h4,6-10,12-14,17H,3,5,11H2,1-2H3/b7-4-,15-12+. The average molecular weight is 226 g/mol. The minimum atomic E-state index is 0.467. The fourth-order valence-corrected chi connectivity index (χ4v) is 2.03. The molecule has 0 fully saturated rings. The van der Waals surface area contributed by atoms with Crippen molar-refractivity contribution in [2.45, 2.75) is 32.6 Å². The first-order valence-corrected chi connectivity index (χ1v) is 6.33. The molecule has 0 aliphatic rings. The van der Waals surface area contributed by atoms with E-state index in [0.717, 1.165) is 0 Å². The lowest BCUT2D eigenvalue weighted by atomic mass is 9.87. The SMILES string of the molecule is C=C/C(=C\C=C/C)C(CCC)c1ccccc1. The van der Waals surface area contributed by atoms with Crippen molar-refractivity contribution in [3.05, 3.63) is 72.4 Å². The summed E-state index contributed by atoms with van der Waals surface area (Å²) in [6, 6.07) is 10.7. The lowest BCUT2D eigenvalue weighted by molar-refractivity contribution is 0.698. The van der Waals surface area contributed by atoms with Crippen LogP contribution in [0.3, 0.4) is 0 Å². The lowest BCUT2D eigenvalue weighted by Crippen LogP contribution is -2.00. The Morgan fingerprint density at radius 1 is 1.29 bits per heavy atom. The van der Waals surface area contributed by atoms with Crippen LogP contribution in [0.5, 0.6) is 0 Å². The highest BCUT2D eigenvalue weighted by Crippen LogP contribution is 2.29. The van der Waals surface area contributed by atoms with Crippen LogP contribution in [0, 0.1) is 0 Å². The van der Waals surface area contributed by atoms with Crippen LogP contribution in [0.15, 0.2) is 66.8 Å². The van der Waals surface area contributed by atoms with Crippen molar-refractivity contribution >= 4 is 0 Å². The Labute approximate surface area is 105 Å². The van der Waals surface area contributed by atoms with Crippen molar-refractivity contribution in [3.63, 3.8) is 0 Å². The highest BCUT2D eigenvalue weighted by atomic mass is 14.2. The van der Waals surface area contributed by atoms with Gasteiger partial charge in [0.2, 0.25) is 0 Å². The third-order valence-corrected chi connectivity index (χ3v) is 2.90. The van der Waals surface area contributed by atoms with Crippen molar-refractivity contribution in [2.75, 3.05) is 0 Å². The van der Waals surface area contributed by atoms with Gasteiger partial charge in [-0.15, -0.1) is 0 Å². The average Bonchev–Trinajstić information content (AvgIpc) is 2.39. The van der Waals surface area contributed by atoms with E-state index in [0.29, 0.717) is 5.92 Å². The van der Waals surface area contributed by atoms with E-state index < -0.39 is 0 Å². The van der Waals surface area contributed by atoms with Crippen LogP contribution >= 0.6 is 0 Å². The molecule has 1 unspecified atom stereocenters. The van der Waals surface area contributed by atoms with E-state index in [-0.39, 0.29) is 0 Å². The summed E-state index contributed by atoms with van der Waals surface area (Å²) in [6.45, 7) is 8.21. The molecule has 0 heteroatoms. The van der Waals surface area contributed by atoms with E-state index in [1.807, 2.05) is 13.0 Å². The van der Waals surface area contributed by atoms with E-state index in [1.54, 1.807) is 0 Å². The molecule has 1 aromatic rings. The summed E-state index contributed by atoms with van der Waals surface area (Å²) in [7, 11) is 0. The molecule has 0 N–H and O–H groups in total. The highest BCUT2D eigenvalue weighted by Gasteiger charge is 2.12. The largest absolute Gasteiger partial charge is 0.0988 e. The molecule has 0 aromatic heterocycles. The van der Waals surface area contributed by atoms with Gasteiger partial charge in [0.1, 0.15) is 0 Å². The Morgan fingerprint density at radius 3 is 2.53 bits per heavy atom. The minimum absolute atomic E-state index is 0.467. The molecule has 17 heavy (non-hydrogen) atoms. The first-order chi connectivity index (χ1) is 8.33. The van der Waals surface area contributed by atoms with Crippen LogP contribution in [0.2, 0.25) is 0 Å². The summed E-state index contributed by atoms with van der Waals surface area (Å²) in [5.41, 5.74) is 2.68. The second-order valence-electron chi connectivity index (χ2n) is 4.15. The van der Waals surface area contributed by atoms with Gasteiger partial charge in [0.25, 0.3) is 0 Å². The molecule has 0 bridgehead atoms. The molecular formula is C17H22. The predicted octanol–water partition coefficient (Wildman–Crippen LogP) is 5.26. The zero-order valence-corrected chi connectivity index (χ0v) is 10.9. The summed E-state index contributed by atoms with van der Waals surface area (Å²) in [6.07, 6.45) is 10.6. The van der Waals surface area contributed by atoms with E-state index in [1.165, 1.54) is 24.0 Å². The molecule has 1 rings (SSSR count). The van der Waals surface area contributed by atoms with Crippen molar-refractivity contribution in [1.82, 2.24) is 0 Å². The Morgan fingerprint density at radius 2 is 2.00 bits per heavy atom. The van der Waals surface area contributed by atoms with Gasteiger partial charge in [0.15, 0.2) is 0 Å². The Balaban J connectivity index is 3.03. The number of hydrogen-bond donors (Lipinski definition) is 0. The topological polar surface area (TPSA) is 0 Å². The van der Waals surface area contributed by atoms with Crippen LogP contribution in [-0.2, 0) is 0 Å². The number of hydrogen-bond acceptors (Lipinski definition) is 0. The summed E-state index contributed by atoms with van der Waals surface area (Å²) < 4.78 is 0. The number of rotatable bonds is 6. The van der Waals surface area contributed by atoms with Crippen molar-refractivity contribution < 1.29 is 0 Å². The zero-order valence-electron chi connectivity index (χ0n) is 10.9. The van der Waals surface area contributed by atoms with Crippen molar-refractivity contribution in [2.24, 2.45) is 0 Å². The van der Waals surface area contributed by atoms with Gasteiger partial charge in [0, 0.05) is 5.92 Å². The van der Waals surface area contributed by atoms with Crippen molar-refractivity contribution in [1.29, 1.82) is 0 Å². The van der Waals surface area contributed by atoms with Crippen LogP contribution in [0.1, 0.15) is 38.2 Å². The van der Waals surface area contributed by atoms with Crippen LogP contribution < -0.4 is 0 Å². The normalized spacial score (nSPS) is 13.9. The number of benzene rings is 1. The third-order valence-electron chi connectivity index (χ3n) is 2.90. The molecule has 0 spiro atoms. The summed E-state index contributed by atoms with van der Waals surface area (Å²) in [5.74, 6) is 0.467. The monoisotopic (exact) mass is 226 g/mol. The van der Waals surface area contributed by atoms with E-state index >= 15 is 0 Å². The summed E-state index contributed by atoms with van der Waals surface area (Å²) >= 11 is 0.